The lowest BCUT2D eigenvalue weighted by Gasteiger charge is -2.46. The molecule has 11 N–H and O–H groups in total. The maximum atomic E-state index is 13.2. The molecule has 0 radical (unpaired) electrons. The van der Waals surface area contributed by atoms with E-state index >= 15 is 0 Å². The maximum absolute atomic E-state index is 13.2. The van der Waals surface area contributed by atoms with Gasteiger partial charge in [0.25, 0.3) is 0 Å². The molecule has 0 spiro atoms. The number of hydrogen-bond donors (Lipinski definition) is 11. The number of phenols is 4. The highest BCUT2D eigenvalue weighted by molar-refractivity contribution is 5.87. The minimum Gasteiger partial charge on any atom is -0.504 e. The zero-order chi connectivity index (χ0) is 38.6. The van der Waals surface area contributed by atoms with Crippen LogP contribution in [-0.2, 0) is 44.4 Å². The number of ether oxygens (including phenoxy) is 7. The second-order valence-electron chi connectivity index (χ2n) is 13.0. The van der Waals surface area contributed by atoms with Gasteiger partial charge in [0.15, 0.2) is 48.0 Å². The SMILES string of the molecule is C[C@H]1O[C@@H](O[C@@H]2[C@@H](O)[C@H](OCCc3ccc(O)c(O)c3)O[C@H](CO[C@@H]3OC[C@@](O)(CO)[C@H]3O)[C@H]2OC(=O)C=Cc2ccc(O)c(O)c2)[C@H](O)[C@@H](O)[C@@H]1O. The highest BCUT2D eigenvalue weighted by atomic mass is 16.8. The van der Waals surface area contributed by atoms with E-state index in [1.54, 1.807) is 0 Å². The van der Waals surface area contributed by atoms with Gasteiger partial charge in [-0.15, -0.1) is 0 Å². The molecule has 3 heterocycles. The number of hydrogen-bond acceptors (Lipinski definition) is 19. The van der Waals surface area contributed by atoms with Gasteiger partial charge < -0.3 is 89.3 Å². The summed E-state index contributed by atoms with van der Waals surface area (Å²) in [6, 6.07) is 7.83. The first-order valence-corrected chi connectivity index (χ1v) is 16.6. The van der Waals surface area contributed by atoms with Crippen LogP contribution in [0.5, 0.6) is 23.0 Å². The van der Waals surface area contributed by atoms with Gasteiger partial charge in [-0.05, 0) is 54.8 Å². The van der Waals surface area contributed by atoms with E-state index in [2.05, 4.69) is 0 Å². The summed E-state index contributed by atoms with van der Waals surface area (Å²) < 4.78 is 40.0. The molecule has 19 heteroatoms. The van der Waals surface area contributed by atoms with Crippen molar-refractivity contribution in [1.29, 1.82) is 0 Å². The topological polar surface area (TPSA) is 304 Å². The van der Waals surface area contributed by atoms with Crippen LogP contribution in [0.3, 0.4) is 0 Å². The molecule has 19 nitrogen and oxygen atoms in total. The summed E-state index contributed by atoms with van der Waals surface area (Å²) in [5.41, 5.74) is -1.24. The van der Waals surface area contributed by atoms with Crippen molar-refractivity contribution >= 4 is 12.0 Å². The standard InChI is InChI=1S/C34H44O19/c1-15-24(41)25(42)26(43)32(50-15)53-29-27(44)31(47-9-8-17-3-6-19(37)21(39)11-17)51-22(12-48-33-30(45)34(46,13-35)14-49-33)28(29)52-23(40)7-4-16-2-5-18(36)20(38)10-16/h2-7,10-11,15,22,24-33,35-39,41-46H,8-9,12-14H2,1H3/t15-,22-,24-,25+,26-,27-,28-,29-,30+,31-,32+,33-,34+/m1/s1. The van der Waals surface area contributed by atoms with E-state index in [-0.39, 0.29) is 30.1 Å². The molecule has 0 unspecified atom stereocenters. The quantitative estimate of drug-likeness (QED) is 0.0569. The van der Waals surface area contributed by atoms with E-state index in [1.807, 2.05) is 0 Å². The fourth-order valence-electron chi connectivity index (χ4n) is 5.87. The number of aliphatic hydroxyl groups excluding tert-OH is 6. The minimum atomic E-state index is -2.05. The lowest BCUT2D eigenvalue weighted by atomic mass is 9.96. The van der Waals surface area contributed by atoms with Gasteiger partial charge in [-0.1, -0.05) is 12.1 Å². The third-order valence-corrected chi connectivity index (χ3v) is 9.09. The number of benzene rings is 2. The molecule has 2 aromatic rings. The molecule has 0 saturated carbocycles. The summed E-state index contributed by atoms with van der Waals surface area (Å²) in [6.07, 6.45) is -17.0. The number of carbonyl (C=O) groups is 1. The average Bonchev–Trinajstić information content (AvgIpc) is 3.42. The fraction of sp³-hybridized carbons (Fsp3) is 0.559. The second kappa shape index (κ2) is 17.2. The zero-order valence-corrected chi connectivity index (χ0v) is 28.3. The van der Waals surface area contributed by atoms with Crippen molar-refractivity contribution in [1.82, 2.24) is 0 Å². The Hall–Kier alpha value is -3.67. The number of rotatable bonds is 13. The summed E-state index contributed by atoms with van der Waals surface area (Å²) >= 11 is 0. The van der Waals surface area contributed by atoms with Crippen LogP contribution >= 0.6 is 0 Å². The summed E-state index contributed by atoms with van der Waals surface area (Å²) in [6.45, 7) is -0.718. The van der Waals surface area contributed by atoms with Crippen molar-refractivity contribution in [2.45, 2.75) is 92.8 Å². The van der Waals surface area contributed by atoms with E-state index in [0.717, 1.165) is 6.08 Å². The maximum Gasteiger partial charge on any atom is 0.331 e. The molecular weight excluding hydrogens is 712 g/mol. The van der Waals surface area contributed by atoms with Crippen LogP contribution in [0.1, 0.15) is 18.1 Å². The molecule has 3 saturated heterocycles. The Kier molecular flexibility index (Phi) is 13.2. The van der Waals surface area contributed by atoms with Crippen LogP contribution < -0.4 is 0 Å². The van der Waals surface area contributed by atoms with Crippen LogP contribution in [0.25, 0.3) is 6.08 Å². The molecule has 5 rings (SSSR count). The molecule has 53 heavy (non-hydrogen) atoms. The molecule has 294 valence electrons. The molecule has 2 aromatic carbocycles. The molecule has 3 aliphatic rings. The Morgan fingerprint density at radius 1 is 0.830 bits per heavy atom. The Labute approximate surface area is 302 Å². The van der Waals surface area contributed by atoms with Gasteiger partial charge in [0.05, 0.1) is 32.5 Å². The third-order valence-electron chi connectivity index (χ3n) is 9.09. The minimum absolute atomic E-state index is 0.136. The average molecular weight is 757 g/mol. The van der Waals surface area contributed by atoms with Crippen molar-refractivity contribution < 1.29 is 94.1 Å². The molecule has 13 atom stereocenters. The summed E-state index contributed by atoms with van der Waals surface area (Å²) in [7, 11) is 0. The number of esters is 1. The van der Waals surface area contributed by atoms with Crippen LogP contribution in [0, 0.1) is 0 Å². The molecule has 0 aromatic heterocycles. The van der Waals surface area contributed by atoms with Gasteiger partial charge in [0, 0.05) is 6.08 Å². The van der Waals surface area contributed by atoms with Gasteiger partial charge in [-0.25, -0.2) is 4.79 Å². The Balaban J connectivity index is 1.42. The van der Waals surface area contributed by atoms with Crippen molar-refractivity contribution in [2.24, 2.45) is 0 Å². The van der Waals surface area contributed by atoms with Crippen molar-refractivity contribution in [3.8, 4) is 23.0 Å². The highest BCUT2D eigenvalue weighted by Gasteiger charge is 2.54. The van der Waals surface area contributed by atoms with Crippen molar-refractivity contribution in [3.63, 3.8) is 0 Å². The number of aliphatic hydroxyl groups is 7. The van der Waals surface area contributed by atoms with E-state index < -0.39 is 117 Å². The summed E-state index contributed by atoms with van der Waals surface area (Å²) in [5, 5.41) is 112. The van der Waals surface area contributed by atoms with E-state index in [1.165, 1.54) is 49.4 Å². The first-order chi connectivity index (χ1) is 25.1. The van der Waals surface area contributed by atoms with Gasteiger partial charge in [-0.3, -0.25) is 0 Å². The van der Waals surface area contributed by atoms with Crippen LogP contribution in [-0.4, -0.2) is 168 Å². The third kappa shape index (κ3) is 9.35. The van der Waals surface area contributed by atoms with Crippen molar-refractivity contribution in [3.05, 3.63) is 53.6 Å². The first kappa shape index (κ1) is 40.5. The fourth-order valence-corrected chi connectivity index (χ4v) is 5.87. The summed E-state index contributed by atoms with van der Waals surface area (Å²) in [5.74, 6) is -2.62. The van der Waals surface area contributed by atoms with Gasteiger partial charge in [-0.2, -0.15) is 0 Å². The molecule has 0 aliphatic carbocycles. The molecule has 0 amide bonds. The lowest BCUT2D eigenvalue weighted by molar-refractivity contribution is -0.360. The Morgan fingerprint density at radius 2 is 1.53 bits per heavy atom. The monoisotopic (exact) mass is 756 g/mol. The molecule has 0 bridgehead atoms. The predicted molar refractivity (Wildman–Crippen MR) is 174 cm³/mol. The Bertz CT molecular complexity index is 1570. The van der Waals surface area contributed by atoms with Gasteiger partial charge in [0.1, 0.15) is 48.3 Å². The van der Waals surface area contributed by atoms with Gasteiger partial charge >= 0.3 is 5.97 Å². The number of carbonyl (C=O) groups excluding carboxylic acids is 1. The lowest BCUT2D eigenvalue weighted by Crippen LogP contribution is -2.65. The number of phenolic OH excluding ortho intramolecular Hbond substituents is 4. The predicted octanol–water partition coefficient (Wildman–Crippen LogP) is -2.55. The largest absolute Gasteiger partial charge is 0.504 e. The van der Waals surface area contributed by atoms with E-state index in [9.17, 15) is 61.0 Å². The van der Waals surface area contributed by atoms with E-state index in [4.69, 9.17) is 33.2 Å². The number of aromatic hydroxyl groups is 4. The zero-order valence-electron chi connectivity index (χ0n) is 28.3. The van der Waals surface area contributed by atoms with Crippen LogP contribution in [0.15, 0.2) is 42.5 Å². The van der Waals surface area contributed by atoms with Gasteiger partial charge in [0.2, 0.25) is 0 Å². The van der Waals surface area contributed by atoms with E-state index in [0.29, 0.717) is 5.56 Å². The Morgan fingerprint density at radius 3 is 2.19 bits per heavy atom. The highest BCUT2D eigenvalue weighted by Crippen LogP contribution is 2.34. The van der Waals surface area contributed by atoms with Crippen LogP contribution in [0.4, 0.5) is 0 Å². The second-order valence-corrected chi connectivity index (χ2v) is 13.0. The van der Waals surface area contributed by atoms with Crippen LogP contribution in [0.2, 0.25) is 0 Å². The molecular formula is C34H44O19. The molecule has 3 aliphatic heterocycles. The first-order valence-electron chi connectivity index (χ1n) is 16.6. The normalized spacial score (nSPS) is 36.2. The molecule has 3 fully saturated rings. The van der Waals surface area contributed by atoms with Crippen molar-refractivity contribution in [2.75, 3.05) is 26.4 Å². The summed E-state index contributed by atoms with van der Waals surface area (Å²) in [4.78, 5) is 13.2. The smallest absolute Gasteiger partial charge is 0.331 e.